The van der Waals surface area contributed by atoms with Gasteiger partial charge in [0.2, 0.25) is 5.91 Å². The van der Waals surface area contributed by atoms with Crippen LogP contribution < -0.4 is 5.32 Å². The van der Waals surface area contributed by atoms with Crippen molar-refractivity contribution in [3.05, 3.63) is 29.8 Å². The molecule has 106 valence electrons. The van der Waals surface area contributed by atoms with Crippen molar-refractivity contribution in [1.29, 1.82) is 5.26 Å². The Morgan fingerprint density at radius 2 is 2.05 bits per heavy atom. The average Bonchev–Trinajstić information content (AvgIpc) is 2.41. The fourth-order valence-electron chi connectivity index (χ4n) is 1.39. The first kappa shape index (κ1) is 16.1. The maximum Gasteiger partial charge on any atom is 0.307 e. The van der Waals surface area contributed by atoms with E-state index in [1.165, 1.54) is 11.8 Å². The van der Waals surface area contributed by atoms with Gasteiger partial charge >= 0.3 is 5.97 Å². The number of nitrogens with one attached hydrogen (secondary N) is 1. The molecule has 0 saturated carbocycles. The quantitative estimate of drug-likeness (QED) is 0.803. The molecule has 6 heteroatoms. The van der Waals surface area contributed by atoms with E-state index in [2.05, 4.69) is 11.4 Å². The van der Waals surface area contributed by atoms with E-state index < -0.39 is 11.9 Å². The number of anilines is 1. The Kier molecular flexibility index (Phi) is 6.60. The highest BCUT2D eigenvalue weighted by Gasteiger charge is 2.11. The highest BCUT2D eigenvalue weighted by atomic mass is 32.2. The molecule has 1 amide bonds. The number of carboxylic acid groups (broad SMARTS) is 1. The van der Waals surface area contributed by atoms with Gasteiger partial charge < -0.3 is 10.4 Å². The van der Waals surface area contributed by atoms with Gasteiger partial charge in [-0.05, 0) is 17.7 Å². The van der Waals surface area contributed by atoms with E-state index in [4.69, 9.17) is 10.4 Å². The number of nitrogens with zero attached hydrogens (tertiary/aromatic N) is 1. The Hall–Kier alpha value is -2.00. The van der Waals surface area contributed by atoms with Crippen LogP contribution in [0.1, 0.15) is 12.5 Å². The Bertz CT molecular complexity index is 508. The number of carboxylic acids is 1. The van der Waals surface area contributed by atoms with Gasteiger partial charge in [-0.1, -0.05) is 19.1 Å². The first-order valence-electron chi connectivity index (χ1n) is 6.09. The molecule has 1 aromatic rings. The zero-order valence-electron chi connectivity index (χ0n) is 11.1. The number of benzene rings is 1. The lowest BCUT2D eigenvalue weighted by Gasteiger charge is -2.07. The molecule has 1 rings (SSSR count). The van der Waals surface area contributed by atoms with Crippen molar-refractivity contribution in [1.82, 2.24) is 0 Å². The van der Waals surface area contributed by atoms with Crippen molar-refractivity contribution in [2.75, 3.05) is 16.8 Å². The molecule has 1 atom stereocenters. The fourth-order valence-corrected chi connectivity index (χ4v) is 2.27. The zero-order chi connectivity index (χ0) is 15.0. The van der Waals surface area contributed by atoms with Crippen LogP contribution in [0.2, 0.25) is 0 Å². The molecule has 1 unspecified atom stereocenters. The maximum atomic E-state index is 11.6. The number of carbonyl (C=O) groups excluding carboxylic acids is 1. The summed E-state index contributed by atoms with van der Waals surface area (Å²) in [5.74, 6) is -0.855. The molecule has 0 aromatic heterocycles. The molecule has 0 spiro atoms. The number of aliphatic carboxylic acids is 1. The van der Waals surface area contributed by atoms with Crippen molar-refractivity contribution in [3.63, 3.8) is 0 Å². The predicted molar refractivity (Wildman–Crippen MR) is 78.5 cm³/mol. The topological polar surface area (TPSA) is 90.2 Å². The first-order valence-corrected chi connectivity index (χ1v) is 7.24. The number of hydrogen-bond donors (Lipinski definition) is 2. The summed E-state index contributed by atoms with van der Waals surface area (Å²) in [5, 5.41) is 20.0. The molecular weight excluding hydrogens is 276 g/mol. The van der Waals surface area contributed by atoms with Gasteiger partial charge in [0.05, 0.1) is 24.2 Å². The third-order valence-corrected chi connectivity index (χ3v) is 3.75. The van der Waals surface area contributed by atoms with Crippen LogP contribution in [0.5, 0.6) is 0 Å². The van der Waals surface area contributed by atoms with E-state index in [9.17, 15) is 9.59 Å². The Balaban J connectivity index is 2.35. The van der Waals surface area contributed by atoms with E-state index in [-0.39, 0.29) is 11.7 Å². The lowest BCUT2D eigenvalue weighted by Crippen LogP contribution is -2.17. The van der Waals surface area contributed by atoms with E-state index in [1.807, 2.05) is 0 Å². The summed E-state index contributed by atoms with van der Waals surface area (Å²) in [5.41, 5.74) is 1.57. The number of rotatable bonds is 7. The summed E-state index contributed by atoms with van der Waals surface area (Å²) in [6.07, 6.45) is 0.344. The van der Waals surface area contributed by atoms with E-state index >= 15 is 0 Å². The van der Waals surface area contributed by atoms with Crippen LogP contribution in [0.25, 0.3) is 0 Å². The average molecular weight is 292 g/mol. The maximum absolute atomic E-state index is 11.6. The molecule has 0 aliphatic heterocycles. The number of hydrogen-bond acceptors (Lipinski definition) is 4. The van der Waals surface area contributed by atoms with Crippen LogP contribution >= 0.6 is 11.8 Å². The second-order valence-electron chi connectivity index (χ2n) is 4.33. The monoisotopic (exact) mass is 292 g/mol. The van der Waals surface area contributed by atoms with Gasteiger partial charge in [-0.15, -0.1) is 0 Å². The molecule has 0 radical (unpaired) electrons. The molecule has 0 aliphatic rings. The third kappa shape index (κ3) is 5.76. The second kappa shape index (κ2) is 8.23. The van der Waals surface area contributed by atoms with Crippen molar-refractivity contribution in [2.24, 2.45) is 5.92 Å². The minimum Gasteiger partial charge on any atom is -0.481 e. The molecule has 0 aliphatic carbocycles. The van der Waals surface area contributed by atoms with Crippen LogP contribution in [-0.4, -0.2) is 28.5 Å². The molecule has 0 bridgehead atoms. The minimum atomic E-state index is -0.856. The smallest absolute Gasteiger partial charge is 0.307 e. The fraction of sp³-hybridized carbons (Fsp3) is 0.357. The normalized spacial score (nSPS) is 11.4. The molecule has 0 fully saturated rings. The summed E-state index contributed by atoms with van der Waals surface area (Å²) in [4.78, 5) is 22.3. The Morgan fingerprint density at radius 1 is 1.40 bits per heavy atom. The standard InChI is InChI=1S/C14H16N2O3S/c1-10(14(18)19)8-20-9-13(17)16-12-4-2-11(3-5-12)6-7-15/h2-5,10H,6,8-9H2,1H3,(H,16,17)(H,18,19). The number of amides is 1. The van der Waals surface area contributed by atoms with Crippen molar-refractivity contribution >= 4 is 29.3 Å². The van der Waals surface area contributed by atoms with Crippen molar-refractivity contribution in [3.8, 4) is 6.07 Å². The van der Waals surface area contributed by atoms with Gasteiger partial charge in [0.1, 0.15) is 0 Å². The van der Waals surface area contributed by atoms with Crippen LogP contribution in [0, 0.1) is 17.2 Å². The zero-order valence-corrected chi connectivity index (χ0v) is 11.9. The van der Waals surface area contributed by atoms with Gasteiger partial charge in [-0.2, -0.15) is 17.0 Å². The molecule has 2 N–H and O–H groups in total. The van der Waals surface area contributed by atoms with Gasteiger partial charge in [0.15, 0.2) is 0 Å². The van der Waals surface area contributed by atoms with Gasteiger partial charge in [-0.25, -0.2) is 0 Å². The molecule has 0 saturated heterocycles. The predicted octanol–water partition coefficient (Wildman–Crippen LogP) is 2.15. The summed E-state index contributed by atoms with van der Waals surface area (Å²) in [6.45, 7) is 1.61. The number of carbonyl (C=O) groups is 2. The second-order valence-corrected chi connectivity index (χ2v) is 5.36. The Labute approximate surface area is 122 Å². The largest absolute Gasteiger partial charge is 0.481 e. The summed E-state index contributed by atoms with van der Waals surface area (Å²) >= 11 is 1.29. The first-order chi connectivity index (χ1) is 9.52. The highest BCUT2D eigenvalue weighted by molar-refractivity contribution is 8.00. The molecule has 5 nitrogen and oxygen atoms in total. The number of nitriles is 1. The Morgan fingerprint density at radius 3 is 2.60 bits per heavy atom. The number of thioether (sulfide) groups is 1. The van der Waals surface area contributed by atoms with E-state index in [0.29, 0.717) is 17.9 Å². The van der Waals surface area contributed by atoms with Gasteiger partial charge in [0.25, 0.3) is 0 Å². The van der Waals surface area contributed by atoms with Crippen LogP contribution in [0.4, 0.5) is 5.69 Å². The van der Waals surface area contributed by atoms with E-state index in [0.717, 1.165) is 5.56 Å². The van der Waals surface area contributed by atoms with Crippen LogP contribution in [0.3, 0.4) is 0 Å². The van der Waals surface area contributed by atoms with Crippen LogP contribution in [0.15, 0.2) is 24.3 Å². The minimum absolute atomic E-state index is 0.166. The summed E-state index contributed by atoms with van der Waals surface area (Å²) in [7, 11) is 0. The molecule has 0 heterocycles. The lowest BCUT2D eigenvalue weighted by molar-refractivity contribution is -0.140. The van der Waals surface area contributed by atoms with Crippen LogP contribution in [-0.2, 0) is 16.0 Å². The molecule has 20 heavy (non-hydrogen) atoms. The lowest BCUT2D eigenvalue weighted by atomic mass is 10.1. The summed E-state index contributed by atoms with van der Waals surface area (Å²) < 4.78 is 0. The highest BCUT2D eigenvalue weighted by Crippen LogP contribution is 2.12. The van der Waals surface area contributed by atoms with Crippen molar-refractivity contribution < 1.29 is 14.7 Å². The van der Waals surface area contributed by atoms with Gasteiger partial charge in [0, 0.05) is 11.4 Å². The molecule has 1 aromatic carbocycles. The third-order valence-electron chi connectivity index (χ3n) is 2.54. The summed E-state index contributed by atoms with van der Waals surface area (Å²) in [6, 6.07) is 9.12. The van der Waals surface area contributed by atoms with Crippen molar-refractivity contribution in [2.45, 2.75) is 13.3 Å². The SMILES string of the molecule is CC(CSCC(=O)Nc1ccc(CC#N)cc1)C(=O)O. The van der Waals surface area contributed by atoms with Gasteiger partial charge in [-0.3, -0.25) is 9.59 Å². The van der Waals surface area contributed by atoms with E-state index in [1.54, 1.807) is 31.2 Å². The molecular formula is C14H16N2O3S.